The van der Waals surface area contributed by atoms with Crippen LogP contribution in [0.5, 0.6) is 0 Å². The molecule has 0 aromatic heterocycles. The van der Waals surface area contributed by atoms with Crippen molar-refractivity contribution in [3.8, 4) is 0 Å². The standard InChI is InChI=1S/Ba.Ce.La.Nd.Pr.Zr.2H/q+2;;;;;;2*-1. The van der Waals surface area contributed by atoms with Gasteiger partial charge in [-0.15, -0.1) is 0 Å². The van der Waals surface area contributed by atoms with Crippen LogP contribution in [0.1, 0.15) is 2.85 Å². The summed E-state index contributed by atoms with van der Waals surface area (Å²) < 4.78 is 0. The van der Waals surface area contributed by atoms with Gasteiger partial charge < -0.3 is 2.85 Å². The smallest absolute Gasteiger partial charge is 1.00 e. The molecule has 6 heavy (non-hydrogen) atoms. The minimum absolute atomic E-state index is 0. The molecule has 0 aliphatic carbocycles. The summed E-state index contributed by atoms with van der Waals surface area (Å²) in [7, 11) is 0. The van der Waals surface area contributed by atoms with Crippen LogP contribution in [0.25, 0.3) is 0 Å². The number of rotatable bonds is 0. The third-order valence-corrected chi connectivity index (χ3v) is 0. The van der Waals surface area contributed by atoms with Crippen LogP contribution in [0.3, 0.4) is 0 Å². The molecular formula is H2BaCeLaNdPrZr. The zero-order chi connectivity index (χ0) is 0. The molecule has 0 aliphatic rings. The van der Waals surface area contributed by atoms with Crippen molar-refractivity contribution >= 4 is 48.9 Å². The van der Waals surface area contributed by atoms with Gasteiger partial charge in [0.05, 0.1) is 0 Å². The van der Waals surface area contributed by atoms with Crippen LogP contribution >= 0.6 is 0 Å². The third-order valence-electron chi connectivity index (χ3n) is 0. The first-order chi connectivity index (χ1) is 0. The Morgan fingerprint density at radius 1 is 1.17 bits per heavy atom. The van der Waals surface area contributed by atoms with Crippen molar-refractivity contribution in [2.45, 2.75) is 0 Å². The van der Waals surface area contributed by atoms with E-state index in [1.807, 2.05) is 0 Å². The largest absolute Gasteiger partial charge is 2.00 e. The molecule has 22 valence electrons. The van der Waals surface area contributed by atoms with Gasteiger partial charge in [0.1, 0.15) is 0 Å². The first kappa shape index (κ1) is 37.2. The van der Waals surface area contributed by atoms with Crippen molar-refractivity contribution in [3.63, 3.8) is 0 Å². The molecule has 0 nitrogen and oxygen atoms in total. The molecule has 2 radical (unpaired) electrons. The second-order valence-electron chi connectivity index (χ2n) is 0. The van der Waals surface area contributed by atoms with Crippen molar-refractivity contribution in [2.75, 3.05) is 0 Å². The summed E-state index contributed by atoms with van der Waals surface area (Å²) in [4.78, 5) is 0. The van der Waals surface area contributed by atoms with Crippen LogP contribution in [0.4, 0.5) is 0 Å². The fourth-order valence-electron chi connectivity index (χ4n) is 0. The summed E-state index contributed by atoms with van der Waals surface area (Å²) in [6, 6.07) is 0. The molecule has 0 spiro atoms. The molecule has 0 saturated heterocycles. The predicted octanol–water partition coefficient (Wildman–Crippen LogP) is -0.158. The number of hydrogen-bond acceptors (Lipinski definition) is 0. The van der Waals surface area contributed by atoms with Crippen LogP contribution in [-0.2, 0) is 26.2 Å². The summed E-state index contributed by atoms with van der Waals surface area (Å²) in [5, 5.41) is 0. The van der Waals surface area contributed by atoms with E-state index in [0.29, 0.717) is 0 Å². The van der Waals surface area contributed by atoms with Crippen LogP contribution < -0.4 is 0 Å². The Labute approximate surface area is 229 Å². The second kappa shape index (κ2) is 29.3. The zero-order valence-corrected chi connectivity index (χ0v) is 23.9. The summed E-state index contributed by atoms with van der Waals surface area (Å²) >= 11 is 0. The maximum Gasteiger partial charge on any atom is 2.00 e. The maximum absolute atomic E-state index is 0. The van der Waals surface area contributed by atoms with Crippen LogP contribution in [0, 0.1) is 159 Å². The first-order valence-electron chi connectivity index (χ1n) is 0. The van der Waals surface area contributed by atoms with Crippen molar-refractivity contribution in [1.29, 1.82) is 0 Å². The van der Waals surface area contributed by atoms with Gasteiger partial charge in [0.15, 0.2) is 0 Å². The van der Waals surface area contributed by atoms with E-state index in [9.17, 15) is 0 Å². The van der Waals surface area contributed by atoms with Crippen molar-refractivity contribution < 1.29 is 189 Å². The fourth-order valence-corrected chi connectivity index (χ4v) is 0. The zero-order valence-electron chi connectivity index (χ0n) is 5.36. The molecule has 0 aromatic carbocycles. The summed E-state index contributed by atoms with van der Waals surface area (Å²) in [5.41, 5.74) is 0. The van der Waals surface area contributed by atoms with Gasteiger partial charge >= 0.3 is 48.9 Å². The van der Waals surface area contributed by atoms with Gasteiger partial charge in [-0.1, -0.05) is 0 Å². The van der Waals surface area contributed by atoms with Crippen LogP contribution in [0.2, 0.25) is 0 Å². The molecule has 0 N–H and O–H groups in total. The van der Waals surface area contributed by atoms with E-state index in [1.54, 1.807) is 0 Å². The molecule has 0 fully saturated rings. The first-order valence-corrected chi connectivity index (χ1v) is 0. The van der Waals surface area contributed by atoms with Crippen LogP contribution in [0.15, 0.2) is 0 Å². The summed E-state index contributed by atoms with van der Waals surface area (Å²) in [6.45, 7) is 0. The van der Waals surface area contributed by atoms with E-state index in [2.05, 4.69) is 0 Å². The average Bonchev–Trinajstić information content (AvgIpc) is 0. The van der Waals surface area contributed by atoms with Gasteiger partial charge in [0, 0.05) is 186 Å². The van der Waals surface area contributed by atoms with E-state index in [1.165, 1.54) is 0 Å². The Kier molecular flexibility index (Phi) is 182. The van der Waals surface area contributed by atoms with Gasteiger partial charge in [0.2, 0.25) is 0 Å². The molecular weight excluding hydrogens is 793 g/mol. The molecule has 0 rings (SSSR count). The van der Waals surface area contributed by atoms with Gasteiger partial charge in [-0.2, -0.15) is 0 Å². The quantitative estimate of drug-likeness (QED) is 0.300. The summed E-state index contributed by atoms with van der Waals surface area (Å²) in [5.74, 6) is 0. The number of hydrogen-bond donors (Lipinski definition) is 0. The van der Waals surface area contributed by atoms with Crippen molar-refractivity contribution in [3.05, 3.63) is 0 Å². The maximum atomic E-state index is 0. The molecule has 0 saturated carbocycles. The Morgan fingerprint density at radius 2 is 1.17 bits per heavy atom. The molecule has 0 heterocycles. The minimum Gasteiger partial charge on any atom is -1.00 e. The van der Waals surface area contributed by atoms with Crippen molar-refractivity contribution in [1.82, 2.24) is 0 Å². The van der Waals surface area contributed by atoms with E-state index >= 15 is 0 Å². The Hall–Kier alpha value is 7.74. The Bertz CT molecular complexity index is 22.0. The second-order valence-corrected chi connectivity index (χ2v) is 0. The van der Waals surface area contributed by atoms with E-state index in [4.69, 9.17) is 0 Å². The van der Waals surface area contributed by atoms with Gasteiger partial charge in [-0.3, -0.25) is 0 Å². The Morgan fingerprint density at radius 3 is 1.17 bits per heavy atom. The minimum atomic E-state index is 0. The molecule has 0 aliphatic heterocycles. The predicted molar refractivity (Wildman–Crippen MR) is 7.98 cm³/mol. The molecule has 0 atom stereocenters. The van der Waals surface area contributed by atoms with Gasteiger partial charge in [-0.05, 0) is 0 Å². The monoisotopic (exact) mass is 791 g/mol. The average molecular weight is 795 g/mol. The fraction of sp³-hybridized carbons (Fsp3) is 0. The SMILES string of the molecule is [Ba+2].[Ce].[H-].[H-].[La].[Nd].[Pr].[Zr]. The molecule has 0 aromatic rings. The topological polar surface area (TPSA) is 0 Å². The molecule has 0 amide bonds. The molecule has 6 heteroatoms. The van der Waals surface area contributed by atoms with Crippen molar-refractivity contribution in [2.24, 2.45) is 0 Å². The molecule has 0 bridgehead atoms. The van der Waals surface area contributed by atoms with Crippen LogP contribution in [-0.4, -0.2) is 48.9 Å². The normalized spacial score (nSPS) is 0. The van der Waals surface area contributed by atoms with E-state index < -0.39 is 0 Å². The van der Waals surface area contributed by atoms with Gasteiger partial charge in [0.25, 0.3) is 0 Å². The third kappa shape index (κ3) is 22.6. The summed E-state index contributed by atoms with van der Waals surface area (Å²) in [6.07, 6.45) is 0. The Balaban J connectivity index is 0. The van der Waals surface area contributed by atoms with E-state index in [0.717, 1.165) is 0 Å². The molecule has 0 unspecified atom stereocenters. The van der Waals surface area contributed by atoms with E-state index in [-0.39, 0.29) is 237 Å². The van der Waals surface area contributed by atoms with Gasteiger partial charge in [-0.25, -0.2) is 0 Å².